The van der Waals surface area contributed by atoms with Crippen molar-refractivity contribution in [3.8, 4) is 0 Å². The Labute approximate surface area is 111 Å². The summed E-state index contributed by atoms with van der Waals surface area (Å²) >= 11 is 0. The molecule has 1 unspecified atom stereocenters. The topological polar surface area (TPSA) is 91.1 Å². The second-order valence-electron chi connectivity index (χ2n) is 4.76. The van der Waals surface area contributed by atoms with Crippen LogP contribution in [0.1, 0.15) is 12.5 Å². The van der Waals surface area contributed by atoms with E-state index in [-0.39, 0.29) is 18.6 Å². The number of aliphatic hydroxyl groups excluding tert-OH is 1. The molecule has 2 aromatic rings. The highest BCUT2D eigenvalue weighted by molar-refractivity contribution is 5.86. The molecule has 1 aromatic heterocycles. The molecule has 0 aliphatic heterocycles. The first-order valence-electron chi connectivity index (χ1n) is 6.33. The fraction of sp³-hybridized carbons (Fsp3) is 0.357. The molecule has 1 heterocycles. The second-order valence-corrected chi connectivity index (χ2v) is 4.76. The van der Waals surface area contributed by atoms with Gasteiger partial charge >= 0.3 is 0 Å². The number of nitrogens with one attached hydrogen (secondary N) is 2. The summed E-state index contributed by atoms with van der Waals surface area (Å²) in [6, 6.07) is 7.01. The van der Waals surface area contributed by atoms with Crippen molar-refractivity contribution in [3.63, 3.8) is 0 Å². The minimum absolute atomic E-state index is 0.0917. The van der Waals surface area contributed by atoms with E-state index in [1.165, 1.54) is 0 Å². The van der Waals surface area contributed by atoms with Crippen molar-refractivity contribution in [1.29, 1.82) is 0 Å². The SMILES string of the molecule is C[C@@H](CO)NC(=O)C(N)Cc1c[nH]c2ccccc12. The predicted molar refractivity (Wildman–Crippen MR) is 74.7 cm³/mol. The number of hydrogen-bond donors (Lipinski definition) is 4. The van der Waals surface area contributed by atoms with Crippen LogP contribution in [0.5, 0.6) is 0 Å². The fourth-order valence-electron chi connectivity index (χ4n) is 2.03. The van der Waals surface area contributed by atoms with Crippen molar-refractivity contribution >= 4 is 16.8 Å². The number of benzene rings is 1. The maximum absolute atomic E-state index is 11.8. The first kappa shape index (κ1) is 13.6. The normalized spacial score (nSPS) is 14.3. The summed E-state index contributed by atoms with van der Waals surface area (Å²) < 4.78 is 0. The Morgan fingerprint density at radius 3 is 2.95 bits per heavy atom. The Morgan fingerprint density at radius 2 is 2.21 bits per heavy atom. The van der Waals surface area contributed by atoms with Crippen LogP contribution in [0.3, 0.4) is 0 Å². The van der Waals surface area contributed by atoms with Gasteiger partial charge < -0.3 is 21.1 Å². The number of rotatable bonds is 5. The lowest BCUT2D eigenvalue weighted by molar-refractivity contribution is -0.123. The zero-order valence-corrected chi connectivity index (χ0v) is 10.9. The van der Waals surface area contributed by atoms with Crippen molar-refractivity contribution in [2.24, 2.45) is 5.73 Å². The van der Waals surface area contributed by atoms with Gasteiger partial charge in [-0.05, 0) is 25.0 Å². The molecule has 0 bridgehead atoms. The quantitative estimate of drug-likeness (QED) is 0.633. The predicted octanol–water partition coefficient (Wildman–Crippen LogP) is 0.535. The van der Waals surface area contributed by atoms with Gasteiger partial charge in [-0.2, -0.15) is 0 Å². The first-order chi connectivity index (χ1) is 9.11. The average molecular weight is 261 g/mol. The molecular formula is C14H19N3O2. The lowest BCUT2D eigenvalue weighted by Crippen LogP contribution is -2.46. The summed E-state index contributed by atoms with van der Waals surface area (Å²) in [6.07, 6.45) is 2.35. The maximum Gasteiger partial charge on any atom is 0.237 e. The molecule has 102 valence electrons. The van der Waals surface area contributed by atoms with Gasteiger partial charge in [0, 0.05) is 23.1 Å². The number of aromatic nitrogens is 1. The third kappa shape index (κ3) is 3.13. The molecule has 19 heavy (non-hydrogen) atoms. The zero-order chi connectivity index (χ0) is 13.8. The Morgan fingerprint density at radius 1 is 1.47 bits per heavy atom. The van der Waals surface area contributed by atoms with Crippen LogP contribution in [0.15, 0.2) is 30.5 Å². The number of para-hydroxylation sites is 1. The number of fused-ring (bicyclic) bond motifs is 1. The number of nitrogens with two attached hydrogens (primary N) is 1. The van der Waals surface area contributed by atoms with Crippen LogP contribution in [0.2, 0.25) is 0 Å². The first-order valence-corrected chi connectivity index (χ1v) is 6.33. The molecule has 1 amide bonds. The number of carbonyl (C=O) groups excluding carboxylic acids is 1. The molecule has 1 aromatic carbocycles. The summed E-state index contributed by atoms with van der Waals surface area (Å²) in [5.41, 5.74) is 7.95. The molecule has 0 saturated heterocycles. The molecule has 2 atom stereocenters. The van der Waals surface area contributed by atoms with Crippen molar-refractivity contribution in [1.82, 2.24) is 10.3 Å². The van der Waals surface area contributed by atoms with Gasteiger partial charge in [0.25, 0.3) is 0 Å². The Bertz CT molecular complexity index is 565. The summed E-state index contributed by atoms with van der Waals surface area (Å²) in [6.45, 7) is 1.64. The third-order valence-electron chi connectivity index (χ3n) is 3.11. The summed E-state index contributed by atoms with van der Waals surface area (Å²) in [5.74, 6) is -0.244. The largest absolute Gasteiger partial charge is 0.394 e. The highest BCUT2D eigenvalue weighted by Crippen LogP contribution is 2.18. The van der Waals surface area contributed by atoms with Gasteiger partial charge in [0.2, 0.25) is 5.91 Å². The Hall–Kier alpha value is -1.85. The van der Waals surface area contributed by atoms with Crippen molar-refractivity contribution in [3.05, 3.63) is 36.0 Å². The van der Waals surface area contributed by atoms with Crippen LogP contribution in [0.25, 0.3) is 10.9 Å². The highest BCUT2D eigenvalue weighted by Gasteiger charge is 2.17. The van der Waals surface area contributed by atoms with Crippen molar-refractivity contribution < 1.29 is 9.90 Å². The van der Waals surface area contributed by atoms with Crippen LogP contribution in [-0.2, 0) is 11.2 Å². The van der Waals surface area contributed by atoms with Crippen LogP contribution in [0.4, 0.5) is 0 Å². The molecule has 5 N–H and O–H groups in total. The van der Waals surface area contributed by atoms with Gasteiger partial charge in [-0.25, -0.2) is 0 Å². The second kappa shape index (κ2) is 5.86. The molecule has 0 radical (unpaired) electrons. The zero-order valence-electron chi connectivity index (χ0n) is 10.9. The maximum atomic E-state index is 11.8. The van der Waals surface area contributed by atoms with E-state index in [1.54, 1.807) is 6.92 Å². The number of hydrogen-bond acceptors (Lipinski definition) is 3. The molecule has 0 fully saturated rings. The standard InChI is InChI=1S/C14H19N3O2/c1-9(8-18)17-14(19)12(15)6-10-7-16-13-5-3-2-4-11(10)13/h2-5,7,9,12,16,18H,6,8,15H2,1H3,(H,17,19)/t9-,12?/m0/s1. The molecule has 0 spiro atoms. The molecule has 0 aliphatic carbocycles. The molecule has 5 heteroatoms. The lowest BCUT2D eigenvalue weighted by Gasteiger charge is -2.15. The monoisotopic (exact) mass is 261 g/mol. The van der Waals surface area contributed by atoms with Gasteiger partial charge in [0.05, 0.1) is 12.6 Å². The number of H-pyrrole nitrogens is 1. The summed E-state index contributed by atoms with van der Waals surface area (Å²) in [5, 5.41) is 12.7. The Balaban J connectivity index is 2.06. The van der Waals surface area contributed by atoms with Gasteiger partial charge in [-0.1, -0.05) is 18.2 Å². The van der Waals surface area contributed by atoms with Crippen LogP contribution >= 0.6 is 0 Å². The fourth-order valence-corrected chi connectivity index (χ4v) is 2.03. The number of aliphatic hydroxyl groups is 1. The summed E-state index contributed by atoms with van der Waals surface area (Å²) in [4.78, 5) is 15.0. The van der Waals surface area contributed by atoms with E-state index in [4.69, 9.17) is 10.8 Å². The highest BCUT2D eigenvalue weighted by atomic mass is 16.3. The van der Waals surface area contributed by atoms with E-state index < -0.39 is 6.04 Å². The molecule has 2 rings (SSSR count). The van der Waals surface area contributed by atoms with Gasteiger partial charge in [-0.15, -0.1) is 0 Å². The van der Waals surface area contributed by atoms with Gasteiger partial charge in [0.15, 0.2) is 0 Å². The van der Waals surface area contributed by atoms with E-state index in [0.29, 0.717) is 6.42 Å². The molecular weight excluding hydrogens is 242 g/mol. The van der Waals surface area contributed by atoms with E-state index in [0.717, 1.165) is 16.5 Å². The molecule has 5 nitrogen and oxygen atoms in total. The van der Waals surface area contributed by atoms with Gasteiger partial charge in [0.1, 0.15) is 0 Å². The summed E-state index contributed by atoms with van der Waals surface area (Å²) in [7, 11) is 0. The number of amides is 1. The van der Waals surface area contributed by atoms with Crippen molar-refractivity contribution in [2.75, 3.05) is 6.61 Å². The third-order valence-corrected chi connectivity index (χ3v) is 3.11. The van der Waals surface area contributed by atoms with E-state index in [9.17, 15) is 4.79 Å². The molecule has 0 aliphatic rings. The van der Waals surface area contributed by atoms with E-state index in [1.807, 2.05) is 30.5 Å². The van der Waals surface area contributed by atoms with Crippen molar-refractivity contribution in [2.45, 2.75) is 25.4 Å². The van der Waals surface area contributed by atoms with E-state index in [2.05, 4.69) is 10.3 Å². The minimum Gasteiger partial charge on any atom is -0.394 e. The van der Waals surface area contributed by atoms with Crippen LogP contribution in [-0.4, -0.2) is 34.7 Å². The average Bonchev–Trinajstić information content (AvgIpc) is 2.82. The molecule has 0 saturated carbocycles. The Kier molecular flexibility index (Phi) is 4.19. The smallest absolute Gasteiger partial charge is 0.237 e. The number of aromatic amines is 1. The van der Waals surface area contributed by atoms with E-state index >= 15 is 0 Å². The van der Waals surface area contributed by atoms with Crippen LogP contribution < -0.4 is 11.1 Å². The van der Waals surface area contributed by atoms with Crippen LogP contribution in [0, 0.1) is 0 Å². The lowest BCUT2D eigenvalue weighted by atomic mass is 10.0. The number of carbonyl (C=O) groups is 1. The minimum atomic E-state index is -0.617. The van der Waals surface area contributed by atoms with Gasteiger partial charge in [-0.3, -0.25) is 4.79 Å².